The molecule has 0 saturated carbocycles. The summed E-state index contributed by atoms with van der Waals surface area (Å²) in [7, 11) is 0. The van der Waals surface area contributed by atoms with Gasteiger partial charge in [0, 0.05) is 40.4 Å². The monoisotopic (exact) mass is 568 g/mol. The summed E-state index contributed by atoms with van der Waals surface area (Å²) in [6, 6.07) is 18.6. The highest BCUT2D eigenvalue weighted by atomic mass is 19.1. The highest BCUT2D eigenvalue weighted by Crippen LogP contribution is 2.27. The van der Waals surface area contributed by atoms with Crippen LogP contribution in [0, 0.1) is 12.7 Å². The van der Waals surface area contributed by atoms with Crippen LogP contribution in [0.1, 0.15) is 35.0 Å². The van der Waals surface area contributed by atoms with Crippen molar-refractivity contribution in [2.75, 3.05) is 5.32 Å². The van der Waals surface area contributed by atoms with E-state index in [0.29, 0.717) is 29.2 Å². The zero-order valence-corrected chi connectivity index (χ0v) is 24.3. The first-order chi connectivity index (χ1) is 20.9. The van der Waals surface area contributed by atoms with Crippen molar-refractivity contribution >= 4 is 29.0 Å². The number of aromatic amines is 2. The quantitative estimate of drug-likeness (QED) is 0.163. The summed E-state index contributed by atoms with van der Waals surface area (Å²) in [5.41, 5.74) is 8.09. The van der Waals surface area contributed by atoms with E-state index < -0.39 is 0 Å². The minimum absolute atomic E-state index is 0.319. The molecule has 0 aliphatic carbocycles. The third kappa shape index (κ3) is 6.68. The molecule has 0 fully saturated rings. The number of nitrogens with one attached hydrogen (secondary N) is 3. The zero-order chi connectivity index (χ0) is 30.3. The fourth-order valence-corrected chi connectivity index (χ4v) is 4.86. The molecular formula is C36H33FN6. The Morgan fingerprint density at radius 2 is 1.84 bits per heavy atom. The zero-order valence-electron chi connectivity index (χ0n) is 24.3. The first-order valence-electron chi connectivity index (χ1n) is 13.9. The summed E-state index contributed by atoms with van der Waals surface area (Å²) in [6.07, 6.45) is 11.7. The fraction of sp³-hybridized carbons (Fsp3) is 0.0833. The molecule has 3 heterocycles. The Kier molecular flexibility index (Phi) is 8.72. The van der Waals surface area contributed by atoms with Crippen LogP contribution in [0.2, 0.25) is 0 Å². The standard InChI is InChI=1S/C36H33FN6/c1-6-12-31(27-15-11-16-29(37)19-27)34-25(5)40-36(41-34)35-32(33(7-2)42-43-35)17-23(3)28-20-30(22-38-21-28)39-24(4)18-26-13-9-8-10-14-26/h6-17,19-22,39,42H,1,3-4,18H2,2,5H3,(H,40,41)/b31-12-,32-17+,33-7+. The lowest BCUT2D eigenvalue weighted by atomic mass is 10.0. The number of nitrogens with zero attached hydrogens (tertiary/aromatic N) is 3. The van der Waals surface area contributed by atoms with Gasteiger partial charge in [-0.1, -0.05) is 80.4 Å². The maximum absolute atomic E-state index is 14.1. The molecule has 5 rings (SSSR count). The van der Waals surface area contributed by atoms with E-state index in [-0.39, 0.29) is 5.82 Å². The Balaban J connectivity index is 1.46. The number of hydrogen-bond donors (Lipinski definition) is 3. The molecule has 0 saturated heterocycles. The Hall–Kier alpha value is -5.56. The molecule has 0 spiro atoms. The van der Waals surface area contributed by atoms with Crippen LogP contribution in [0.15, 0.2) is 111 Å². The van der Waals surface area contributed by atoms with E-state index in [1.165, 1.54) is 17.7 Å². The van der Waals surface area contributed by atoms with Crippen molar-refractivity contribution in [2.24, 2.45) is 0 Å². The second-order valence-electron chi connectivity index (χ2n) is 10.1. The number of pyridine rings is 1. The largest absolute Gasteiger partial charge is 0.358 e. The molecule has 0 radical (unpaired) electrons. The molecule has 214 valence electrons. The number of imidazole rings is 1. The first-order valence-corrected chi connectivity index (χ1v) is 13.9. The van der Waals surface area contributed by atoms with Gasteiger partial charge in [0.05, 0.1) is 22.9 Å². The van der Waals surface area contributed by atoms with E-state index in [4.69, 9.17) is 4.98 Å². The number of benzene rings is 2. The normalized spacial score (nSPS) is 12.4. The summed E-state index contributed by atoms with van der Waals surface area (Å²) in [4.78, 5) is 12.7. The van der Waals surface area contributed by atoms with Gasteiger partial charge in [-0.05, 0) is 54.8 Å². The fourth-order valence-electron chi connectivity index (χ4n) is 4.86. The third-order valence-electron chi connectivity index (χ3n) is 6.92. The van der Waals surface area contributed by atoms with Gasteiger partial charge in [0.1, 0.15) is 11.5 Å². The van der Waals surface area contributed by atoms with Crippen LogP contribution >= 0.6 is 0 Å². The number of allylic oxidation sites excluding steroid dienone is 4. The first kappa shape index (κ1) is 29.0. The lowest BCUT2D eigenvalue weighted by Crippen LogP contribution is -2.23. The third-order valence-corrected chi connectivity index (χ3v) is 6.92. The topological polar surface area (TPSA) is 82.3 Å². The molecular weight excluding hydrogens is 535 g/mol. The Morgan fingerprint density at radius 3 is 2.58 bits per heavy atom. The van der Waals surface area contributed by atoms with Gasteiger partial charge in [-0.3, -0.25) is 10.1 Å². The Labute approximate surface area is 250 Å². The highest BCUT2D eigenvalue weighted by molar-refractivity contribution is 5.88. The Morgan fingerprint density at radius 1 is 1.02 bits per heavy atom. The molecule has 2 aromatic carbocycles. The summed E-state index contributed by atoms with van der Waals surface area (Å²) in [6.45, 7) is 16.2. The van der Waals surface area contributed by atoms with Crippen molar-refractivity contribution in [3.05, 3.63) is 155 Å². The van der Waals surface area contributed by atoms with Crippen molar-refractivity contribution in [2.45, 2.75) is 20.3 Å². The summed E-state index contributed by atoms with van der Waals surface area (Å²) in [5, 5.41) is 12.7. The predicted molar refractivity (Wildman–Crippen MR) is 175 cm³/mol. The molecule has 0 unspecified atom stereocenters. The van der Waals surface area contributed by atoms with E-state index >= 15 is 0 Å². The molecule has 0 aliphatic rings. The van der Waals surface area contributed by atoms with Crippen LogP contribution in [-0.2, 0) is 6.42 Å². The number of aromatic nitrogens is 5. The number of halogens is 1. The van der Waals surface area contributed by atoms with Crippen LogP contribution in [-0.4, -0.2) is 25.1 Å². The maximum atomic E-state index is 14.1. The number of rotatable bonds is 10. The molecule has 0 amide bonds. The highest BCUT2D eigenvalue weighted by Gasteiger charge is 2.17. The molecule has 6 nitrogen and oxygen atoms in total. The van der Waals surface area contributed by atoms with Crippen molar-refractivity contribution in [1.29, 1.82) is 0 Å². The van der Waals surface area contributed by atoms with Gasteiger partial charge in [0.15, 0.2) is 5.82 Å². The van der Waals surface area contributed by atoms with Crippen LogP contribution in [0.3, 0.4) is 0 Å². The van der Waals surface area contributed by atoms with E-state index in [0.717, 1.165) is 44.4 Å². The minimum Gasteiger partial charge on any atom is -0.358 e. The van der Waals surface area contributed by atoms with Gasteiger partial charge in [-0.2, -0.15) is 5.10 Å². The van der Waals surface area contributed by atoms with Gasteiger partial charge < -0.3 is 10.3 Å². The molecule has 0 atom stereocenters. The summed E-state index contributed by atoms with van der Waals surface area (Å²) >= 11 is 0. The Bertz CT molecular complexity index is 1960. The minimum atomic E-state index is -0.319. The van der Waals surface area contributed by atoms with Crippen molar-refractivity contribution in [1.82, 2.24) is 25.1 Å². The van der Waals surface area contributed by atoms with E-state index in [2.05, 4.69) is 57.4 Å². The SMILES string of the molecule is C=C/C=C(/c1cccc(F)c1)c1nc(-c2n[nH]c(=C/C)/c2=C\C(=C)c2cncc(NC(=C)Cc3ccccc3)c2)[nH]c1C. The van der Waals surface area contributed by atoms with E-state index in [1.807, 2.05) is 62.4 Å². The van der Waals surface area contributed by atoms with Crippen LogP contribution < -0.4 is 15.9 Å². The summed E-state index contributed by atoms with van der Waals surface area (Å²) in [5.74, 6) is 0.258. The average molecular weight is 569 g/mol. The number of anilines is 1. The second kappa shape index (κ2) is 13.0. The predicted octanol–water partition coefficient (Wildman–Crippen LogP) is 6.72. The van der Waals surface area contributed by atoms with Crippen molar-refractivity contribution in [3.63, 3.8) is 0 Å². The average Bonchev–Trinajstić information content (AvgIpc) is 3.58. The van der Waals surface area contributed by atoms with Crippen LogP contribution in [0.4, 0.5) is 10.1 Å². The van der Waals surface area contributed by atoms with Gasteiger partial charge in [-0.25, -0.2) is 9.37 Å². The van der Waals surface area contributed by atoms with Crippen LogP contribution in [0.25, 0.3) is 34.8 Å². The van der Waals surface area contributed by atoms with Gasteiger partial charge in [0.25, 0.3) is 0 Å². The molecule has 3 N–H and O–H groups in total. The lowest BCUT2D eigenvalue weighted by molar-refractivity contribution is 0.627. The summed E-state index contributed by atoms with van der Waals surface area (Å²) < 4.78 is 14.1. The van der Waals surface area contributed by atoms with E-state index in [1.54, 1.807) is 24.5 Å². The van der Waals surface area contributed by atoms with Crippen molar-refractivity contribution in [3.8, 4) is 11.5 Å². The molecule has 0 bridgehead atoms. The van der Waals surface area contributed by atoms with Gasteiger partial charge in [0.2, 0.25) is 0 Å². The molecule has 3 aromatic heterocycles. The lowest BCUT2D eigenvalue weighted by Gasteiger charge is -2.11. The smallest absolute Gasteiger partial charge is 0.159 e. The van der Waals surface area contributed by atoms with Crippen molar-refractivity contribution < 1.29 is 4.39 Å². The number of H-pyrrole nitrogens is 2. The van der Waals surface area contributed by atoms with E-state index in [9.17, 15) is 4.39 Å². The van der Waals surface area contributed by atoms with Crippen LogP contribution in [0.5, 0.6) is 0 Å². The molecule has 5 aromatic rings. The van der Waals surface area contributed by atoms with Gasteiger partial charge >= 0.3 is 0 Å². The molecule has 43 heavy (non-hydrogen) atoms. The molecule has 0 aliphatic heterocycles. The molecule has 7 heteroatoms. The maximum Gasteiger partial charge on any atom is 0.159 e. The number of aryl methyl sites for hydroxylation is 1. The van der Waals surface area contributed by atoms with Gasteiger partial charge in [-0.15, -0.1) is 0 Å². The number of hydrogen-bond acceptors (Lipinski definition) is 4. The second-order valence-corrected chi connectivity index (χ2v) is 10.1.